The zero-order valence-electron chi connectivity index (χ0n) is 15.7. The van der Waals surface area contributed by atoms with Gasteiger partial charge in [-0.2, -0.15) is 0 Å². The normalized spacial score (nSPS) is 14.0. The van der Waals surface area contributed by atoms with Crippen molar-refractivity contribution in [1.82, 2.24) is 19.9 Å². The lowest BCUT2D eigenvalue weighted by atomic mass is 10.2. The van der Waals surface area contributed by atoms with E-state index in [0.717, 1.165) is 24.6 Å². The van der Waals surface area contributed by atoms with E-state index in [9.17, 15) is 4.79 Å². The Morgan fingerprint density at radius 3 is 2.43 bits per heavy atom. The maximum Gasteiger partial charge on any atom is 0.272 e. The van der Waals surface area contributed by atoms with Gasteiger partial charge >= 0.3 is 0 Å². The van der Waals surface area contributed by atoms with Gasteiger partial charge < -0.3 is 15.1 Å². The van der Waals surface area contributed by atoms with Crippen LogP contribution >= 0.6 is 0 Å². The molecule has 4 rings (SSSR count). The lowest BCUT2D eigenvalue weighted by Gasteiger charge is -2.35. The second-order valence-electron chi connectivity index (χ2n) is 6.72. The first-order valence-corrected chi connectivity index (χ1v) is 9.31. The van der Waals surface area contributed by atoms with E-state index >= 15 is 0 Å². The Bertz CT molecular complexity index is 937. The first-order valence-electron chi connectivity index (χ1n) is 9.31. The van der Waals surface area contributed by atoms with E-state index in [4.69, 9.17) is 0 Å². The highest BCUT2D eigenvalue weighted by molar-refractivity contribution is 5.92. The summed E-state index contributed by atoms with van der Waals surface area (Å²) in [6.07, 6.45) is 3.40. The van der Waals surface area contributed by atoms with Crippen LogP contribution in [0.15, 0.2) is 60.9 Å². The van der Waals surface area contributed by atoms with Crippen molar-refractivity contribution in [2.24, 2.45) is 0 Å². The summed E-state index contributed by atoms with van der Waals surface area (Å²) in [5.74, 6) is 1.29. The topological polar surface area (TPSA) is 74.2 Å². The molecule has 28 heavy (non-hydrogen) atoms. The quantitative estimate of drug-likeness (QED) is 0.757. The highest BCUT2D eigenvalue weighted by Crippen LogP contribution is 2.16. The number of carbonyl (C=O) groups excluding carboxylic acids is 1. The molecule has 7 nitrogen and oxygen atoms in total. The number of rotatable bonds is 4. The fourth-order valence-corrected chi connectivity index (χ4v) is 3.15. The highest BCUT2D eigenvalue weighted by Gasteiger charge is 2.23. The average Bonchev–Trinajstić information content (AvgIpc) is 2.76. The van der Waals surface area contributed by atoms with Crippen molar-refractivity contribution in [2.75, 3.05) is 36.4 Å². The number of hydrogen-bond donors (Lipinski definition) is 1. The number of amides is 1. The zero-order chi connectivity index (χ0) is 19.3. The van der Waals surface area contributed by atoms with Crippen LogP contribution in [-0.4, -0.2) is 51.9 Å². The second-order valence-corrected chi connectivity index (χ2v) is 6.72. The van der Waals surface area contributed by atoms with Crippen LogP contribution in [0, 0.1) is 6.92 Å². The number of carbonyl (C=O) groups is 1. The Morgan fingerprint density at radius 1 is 0.929 bits per heavy atom. The van der Waals surface area contributed by atoms with Crippen molar-refractivity contribution in [3.05, 3.63) is 72.2 Å². The second kappa shape index (κ2) is 8.04. The van der Waals surface area contributed by atoms with Crippen LogP contribution in [0.2, 0.25) is 0 Å². The van der Waals surface area contributed by atoms with Crippen LogP contribution in [-0.2, 0) is 0 Å². The fourth-order valence-electron chi connectivity index (χ4n) is 3.15. The maximum absolute atomic E-state index is 12.9. The van der Waals surface area contributed by atoms with E-state index < -0.39 is 0 Å². The Kier molecular flexibility index (Phi) is 5.14. The van der Waals surface area contributed by atoms with E-state index in [1.807, 2.05) is 54.3 Å². The molecule has 7 heteroatoms. The van der Waals surface area contributed by atoms with Gasteiger partial charge in [0.1, 0.15) is 11.5 Å². The van der Waals surface area contributed by atoms with Gasteiger partial charge in [0.15, 0.2) is 0 Å². The van der Waals surface area contributed by atoms with Gasteiger partial charge in [0.05, 0.1) is 0 Å². The molecule has 1 fully saturated rings. The third-order valence-corrected chi connectivity index (χ3v) is 4.72. The summed E-state index contributed by atoms with van der Waals surface area (Å²) in [7, 11) is 0. The summed E-state index contributed by atoms with van der Waals surface area (Å²) in [6, 6.07) is 15.5. The van der Waals surface area contributed by atoms with Crippen LogP contribution < -0.4 is 10.2 Å². The van der Waals surface area contributed by atoms with Crippen LogP contribution in [0.3, 0.4) is 0 Å². The minimum absolute atomic E-state index is 0.0740. The summed E-state index contributed by atoms with van der Waals surface area (Å²) in [4.78, 5) is 29.9. The molecule has 3 aromatic rings. The third-order valence-electron chi connectivity index (χ3n) is 4.72. The molecule has 0 radical (unpaired) electrons. The van der Waals surface area contributed by atoms with E-state index in [1.165, 1.54) is 5.56 Å². The molecule has 0 saturated carbocycles. The Hall–Kier alpha value is -3.48. The van der Waals surface area contributed by atoms with Crippen molar-refractivity contribution in [3.63, 3.8) is 0 Å². The molecule has 142 valence electrons. The van der Waals surface area contributed by atoms with Crippen LogP contribution in [0.1, 0.15) is 16.1 Å². The van der Waals surface area contributed by atoms with Gasteiger partial charge in [0.2, 0.25) is 5.95 Å². The lowest BCUT2D eigenvalue weighted by molar-refractivity contribution is 0.0740. The summed E-state index contributed by atoms with van der Waals surface area (Å²) in [6.45, 7) is 4.82. The van der Waals surface area contributed by atoms with Crippen molar-refractivity contribution in [2.45, 2.75) is 6.92 Å². The molecular weight excluding hydrogens is 352 g/mol. The van der Waals surface area contributed by atoms with Gasteiger partial charge in [-0.05, 0) is 37.3 Å². The summed E-state index contributed by atoms with van der Waals surface area (Å²) in [5.41, 5.74) is 2.47. The molecule has 0 unspecified atom stereocenters. The summed E-state index contributed by atoms with van der Waals surface area (Å²) < 4.78 is 0. The SMILES string of the molecule is Cc1ccc(Nc2nccc(C(=O)N3CCN(c4ccccn4)CC3)n2)cc1. The predicted molar refractivity (Wildman–Crippen MR) is 109 cm³/mol. The molecule has 0 aliphatic carbocycles. The summed E-state index contributed by atoms with van der Waals surface area (Å²) in [5, 5.41) is 3.15. The molecule has 1 aliphatic heterocycles. The summed E-state index contributed by atoms with van der Waals surface area (Å²) >= 11 is 0. The molecule has 0 bridgehead atoms. The lowest BCUT2D eigenvalue weighted by Crippen LogP contribution is -2.49. The Labute approximate surface area is 164 Å². The third kappa shape index (κ3) is 4.09. The molecule has 2 aromatic heterocycles. The van der Waals surface area contributed by atoms with E-state index in [0.29, 0.717) is 24.7 Å². The smallest absolute Gasteiger partial charge is 0.272 e. The molecular formula is C21H22N6O. The van der Waals surface area contributed by atoms with Crippen molar-refractivity contribution >= 4 is 23.4 Å². The van der Waals surface area contributed by atoms with E-state index in [-0.39, 0.29) is 5.91 Å². The molecule has 1 saturated heterocycles. The molecule has 3 heterocycles. The molecule has 1 amide bonds. The Balaban J connectivity index is 1.40. The van der Waals surface area contributed by atoms with Gasteiger partial charge in [-0.3, -0.25) is 4.79 Å². The van der Waals surface area contributed by atoms with E-state index in [1.54, 1.807) is 18.5 Å². The number of aromatic nitrogens is 3. The van der Waals surface area contributed by atoms with Crippen LogP contribution in [0.25, 0.3) is 0 Å². The predicted octanol–water partition coefficient (Wildman–Crippen LogP) is 2.89. The largest absolute Gasteiger partial charge is 0.353 e. The number of nitrogens with one attached hydrogen (secondary N) is 1. The van der Waals surface area contributed by atoms with Crippen LogP contribution in [0.5, 0.6) is 0 Å². The molecule has 1 aliphatic rings. The number of piperazine rings is 1. The maximum atomic E-state index is 12.9. The molecule has 1 aromatic carbocycles. The molecule has 0 spiro atoms. The van der Waals surface area contributed by atoms with Crippen molar-refractivity contribution in [1.29, 1.82) is 0 Å². The van der Waals surface area contributed by atoms with Crippen LogP contribution in [0.4, 0.5) is 17.5 Å². The Morgan fingerprint density at radius 2 is 1.71 bits per heavy atom. The number of hydrogen-bond acceptors (Lipinski definition) is 6. The molecule has 0 atom stereocenters. The standard InChI is InChI=1S/C21H22N6O/c1-16-5-7-17(8-6-16)24-21-23-11-9-18(25-21)20(28)27-14-12-26(13-15-27)19-4-2-3-10-22-19/h2-11H,12-15H2,1H3,(H,23,24,25). The van der Waals surface area contributed by atoms with Gasteiger partial charge in [0.25, 0.3) is 5.91 Å². The number of anilines is 3. The van der Waals surface area contributed by atoms with Crippen molar-refractivity contribution in [3.8, 4) is 0 Å². The fraction of sp³-hybridized carbons (Fsp3) is 0.238. The first kappa shape index (κ1) is 17.9. The zero-order valence-corrected chi connectivity index (χ0v) is 15.7. The first-order chi connectivity index (χ1) is 13.7. The number of aryl methyl sites for hydroxylation is 1. The highest BCUT2D eigenvalue weighted by atomic mass is 16.2. The molecule has 1 N–H and O–H groups in total. The number of pyridine rings is 1. The van der Waals surface area contributed by atoms with Gasteiger partial charge in [-0.25, -0.2) is 15.0 Å². The van der Waals surface area contributed by atoms with E-state index in [2.05, 4.69) is 25.2 Å². The monoisotopic (exact) mass is 374 g/mol. The average molecular weight is 374 g/mol. The number of benzene rings is 1. The van der Waals surface area contributed by atoms with Gasteiger partial charge in [0, 0.05) is 44.3 Å². The number of nitrogens with zero attached hydrogens (tertiary/aromatic N) is 5. The van der Waals surface area contributed by atoms with Crippen molar-refractivity contribution < 1.29 is 4.79 Å². The van der Waals surface area contributed by atoms with Gasteiger partial charge in [-0.1, -0.05) is 23.8 Å². The van der Waals surface area contributed by atoms with Gasteiger partial charge in [-0.15, -0.1) is 0 Å². The minimum Gasteiger partial charge on any atom is -0.353 e. The minimum atomic E-state index is -0.0740.